The number of nitrogens with two attached hydrogens (primary N) is 1. The molecule has 19 heavy (non-hydrogen) atoms. The Labute approximate surface area is 118 Å². The average Bonchev–Trinajstić information content (AvgIpc) is 2.43. The van der Waals surface area contributed by atoms with Crippen LogP contribution in [0.4, 0.5) is 0 Å². The topological polar surface area (TPSA) is 49.6 Å². The van der Waals surface area contributed by atoms with Gasteiger partial charge < -0.3 is 15.5 Å². The van der Waals surface area contributed by atoms with Crippen LogP contribution in [0.5, 0.6) is 0 Å². The molecule has 1 saturated carbocycles. The first-order valence-corrected chi connectivity index (χ1v) is 7.70. The van der Waals surface area contributed by atoms with E-state index in [9.17, 15) is 4.79 Å². The van der Waals surface area contributed by atoms with Crippen LogP contribution in [0.15, 0.2) is 0 Å². The first-order valence-electron chi connectivity index (χ1n) is 7.70. The second kappa shape index (κ2) is 7.85. The lowest BCUT2D eigenvalue weighted by Crippen LogP contribution is -2.50. The van der Waals surface area contributed by atoms with E-state index >= 15 is 0 Å². The lowest BCUT2D eigenvalue weighted by molar-refractivity contribution is -0.143. The number of nitrogens with zero attached hydrogens (tertiary/aromatic N) is 2. The summed E-state index contributed by atoms with van der Waals surface area (Å²) in [5.74, 6) is 0.304. The molecule has 0 aromatic rings. The van der Waals surface area contributed by atoms with Crippen molar-refractivity contribution in [1.29, 1.82) is 0 Å². The van der Waals surface area contributed by atoms with E-state index in [1.165, 1.54) is 6.42 Å². The summed E-state index contributed by atoms with van der Waals surface area (Å²) in [4.78, 5) is 17.1. The number of rotatable bonds is 7. The Hall–Kier alpha value is -0.610. The zero-order valence-electron chi connectivity index (χ0n) is 13.0. The molecule has 0 radical (unpaired) electrons. The normalized spacial score (nSPS) is 18.6. The minimum Gasteiger partial charge on any atom is -0.341 e. The van der Waals surface area contributed by atoms with Crippen molar-refractivity contribution < 1.29 is 4.79 Å². The van der Waals surface area contributed by atoms with Crippen molar-refractivity contribution in [2.75, 3.05) is 40.3 Å². The molecule has 1 aliphatic carbocycles. The van der Waals surface area contributed by atoms with Crippen LogP contribution in [0.1, 0.15) is 45.4 Å². The summed E-state index contributed by atoms with van der Waals surface area (Å²) >= 11 is 0. The Morgan fingerprint density at radius 3 is 2.21 bits per heavy atom. The van der Waals surface area contributed by atoms with Crippen LogP contribution in [-0.4, -0.2) is 56.0 Å². The van der Waals surface area contributed by atoms with E-state index in [0.29, 0.717) is 12.5 Å². The highest BCUT2D eigenvalue weighted by Crippen LogP contribution is 2.37. The fourth-order valence-corrected chi connectivity index (χ4v) is 2.97. The van der Waals surface area contributed by atoms with Gasteiger partial charge in [-0.15, -0.1) is 0 Å². The van der Waals surface area contributed by atoms with Crippen LogP contribution in [0.3, 0.4) is 0 Å². The maximum absolute atomic E-state index is 12.9. The first kappa shape index (κ1) is 16.4. The van der Waals surface area contributed by atoms with Crippen LogP contribution < -0.4 is 5.73 Å². The highest BCUT2D eigenvalue weighted by Gasteiger charge is 2.40. The van der Waals surface area contributed by atoms with Crippen LogP contribution in [-0.2, 0) is 4.79 Å². The highest BCUT2D eigenvalue weighted by atomic mass is 16.2. The lowest BCUT2D eigenvalue weighted by Gasteiger charge is -2.39. The van der Waals surface area contributed by atoms with Gasteiger partial charge in [0, 0.05) is 26.2 Å². The van der Waals surface area contributed by atoms with Crippen molar-refractivity contribution in [2.45, 2.75) is 45.4 Å². The predicted molar refractivity (Wildman–Crippen MR) is 80.0 cm³/mol. The maximum Gasteiger partial charge on any atom is 0.230 e. The minimum absolute atomic E-state index is 0.264. The molecule has 0 aliphatic heterocycles. The molecule has 0 heterocycles. The minimum atomic E-state index is -0.264. The molecule has 0 saturated heterocycles. The number of carbonyl (C=O) groups is 1. The Kier molecular flexibility index (Phi) is 6.80. The Morgan fingerprint density at radius 1 is 1.11 bits per heavy atom. The molecule has 1 fully saturated rings. The molecule has 0 aromatic heterocycles. The van der Waals surface area contributed by atoms with Crippen molar-refractivity contribution in [3.8, 4) is 0 Å². The van der Waals surface area contributed by atoms with Crippen LogP contribution in [0.2, 0.25) is 0 Å². The van der Waals surface area contributed by atoms with Gasteiger partial charge >= 0.3 is 0 Å². The van der Waals surface area contributed by atoms with Crippen LogP contribution in [0, 0.1) is 5.41 Å². The standard InChI is InChI=1S/C15H31N3O/c1-4-10-18(12-11-17(2)3)14(19)15(13-16)8-6-5-7-9-15/h4-13,16H2,1-3H3. The summed E-state index contributed by atoms with van der Waals surface area (Å²) < 4.78 is 0. The Balaban J connectivity index is 2.72. The van der Waals surface area contributed by atoms with Crippen LogP contribution >= 0.6 is 0 Å². The SMILES string of the molecule is CCCN(CCN(C)C)C(=O)C1(CN)CCCCC1. The molecule has 0 atom stereocenters. The van der Waals surface area contributed by atoms with Crippen molar-refractivity contribution >= 4 is 5.91 Å². The summed E-state index contributed by atoms with van der Waals surface area (Å²) in [6.07, 6.45) is 6.52. The Morgan fingerprint density at radius 2 is 1.74 bits per heavy atom. The number of carbonyl (C=O) groups excluding carboxylic acids is 1. The molecule has 0 bridgehead atoms. The van der Waals surface area contributed by atoms with Crippen molar-refractivity contribution in [1.82, 2.24) is 9.80 Å². The van der Waals surface area contributed by atoms with E-state index in [1.807, 2.05) is 19.0 Å². The molecule has 4 nitrogen and oxygen atoms in total. The largest absolute Gasteiger partial charge is 0.341 e. The number of hydrogen-bond acceptors (Lipinski definition) is 3. The van der Waals surface area contributed by atoms with Crippen LogP contribution in [0.25, 0.3) is 0 Å². The van der Waals surface area contributed by atoms with Gasteiger partial charge in [0.05, 0.1) is 5.41 Å². The predicted octanol–water partition coefficient (Wildman–Crippen LogP) is 1.70. The van der Waals surface area contributed by atoms with E-state index in [2.05, 4.69) is 11.8 Å². The van der Waals surface area contributed by atoms with Gasteiger partial charge in [-0.3, -0.25) is 4.79 Å². The summed E-state index contributed by atoms with van der Waals surface area (Å²) in [7, 11) is 4.10. The zero-order chi connectivity index (χ0) is 14.3. The molecular weight excluding hydrogens is 238 g/mol. The lowest BCUT2D eigenvalue weighted by atomic mass is 9.73. The molecule has 0 spiro atoms. The summed E-state index contributed by atoms with van der Waals surface area (Å²) in [5, 5.41) is 0. The van der Waals surface area contributed by atoms with Crippen molar-refractivity contribution in [3.05, 3.63) is 0 Å². The van der Waals surface area contributed by atoms with Crippen molar-refractivity contribution in [2.24, 2.45) is 11.1 Å². The molecule has 0 unspecified atom stereocenters. The van der Waals surface area contributed by atoms with Gasteiger partial charge in [-0.1, -0.05) is 26.2 Å². The summed E-state index contributed by atoms with van der Waals surface area (Å²) in [6, 6.07) is 0. The van der Waals surface area contributed by atoms with Gasteiger partial charge in [0.25, 0.3) is 0 Å². The van der Waals surface area contributed by atoms with E-state index in [1.54, 1.807) is 0 Å². The quantitative estimate of drug-likeness (QED) is 0.765. The van der Waals surface area contributed by atoms with Gasteiger partial charge in [-0.25, -0.2) is 0 Å². The summed E-state index contributed by atoms with van der Waals surface area (Å²) in [5.41, 5.74) is 5.71. The van der Waals surface area contributed by atoms with E-state index in [0.717, 1.165) is 51.7 Å². The number of amides is 1. The average molecular weight is 269 g/mol. The van der Waals surface area contributed by atoms with Crippen molar-refractivity contribution in [3.63, 3.8) is 0 Å². The van der Waals surface area contributed by atoms with E-state index < -0.39 is 0 Å². The molecule has 1 amide bonds. The number of likely N-dealkylation sites (N-methyl/N-ethyl adjacent to an activating group) is 1. The zero-order valence-corrected chi connectivity index (χ0v) is 13.0. The molecule has 4 heteroatoms. The fraction of sp³-hybridized carbons (Fsp3) is 0.933. The van der Waals surface area contributed by atoms with E-state index in [4.69, 9.17) is 5.73 Å². The molecule has 112 valence electrons. The van der Waals surface area contributed by atoms with Gasteiger partial charge in [0.1, 0.15) is 0 Å². The third kappa shape index (κ3) is 4.46. The maximum atomic E-state index is 12.9. The van der Waals surface area contributed by atoms with Gasteiger partial charge in [0.15, 0.2) is 0 Å². The monoisotopic (exact) mass is 269 g/mol. The fourth-order valence-electron chi connectivity index (χ4n) is 2.97. The molecule has 1 rings (SSSR count). The third-order valence-electron chi connectivity index (χ3n) is 4.25. The second-order valence-corrected chi connectivity index (χ2v) is 6.14. The summed E-state index contributed by atoms with van der Waals surface area (Å²) in [6.45, 7) is 5.24. The van der Waals surface area contributed by atoms with E-state index in [-0.39, 0.29) is 5.41 Å². The molecule has 1 aliphatic rings. The van der Waals surface area contributed by atoms with Gasteiger partial charge in [-0.05, 0) is 33.4 Å². The number of hydrogen-bond donors (Lipinski definition) is 1. The highest BCUT2D eigenvalue weighted by molar-refractivity contribution is 5.83. The van der Waals surface area contributed by atoms with Gasteiger partial charge in [0.2, 0.25) is 5.91 Å². The molecule has 2 N–H and O–H groups in total. The second-order valence-electron chi connectivity index (χ2n) is 6.14. The Bertz CT molecular complexity index is 273. The van der Waals surface area contributed by atoms with Gasteiger partial charge in [-0.2, -0.15) is 0 Å². The molecular formula is C15H31N3O. The molecule has 0 aromatic carbocycles. The first-order chi connectivity index (χ1) is 9.05. The third-order valence-corrected chi connectivity index (χ3v) is 4.25. The smallest absolute Gasteiger partial charge is 0.230 e.